The van der Waals surface area contributed by atoms with Crippen molar-refractivity contribution in [1.82, 2.24) is 14.9 Å². The van der Waals surface area contributed by atoms with Gasteiger partial charge in [0.1, 0.15) is 5.82 Å². The Morgan fingerprint density at radius 1 is 1.24 bits per heavy atom. The highest BCUT2D eigenvalue weighted by Gasteiger charge is 2.15. The maximum Gasteiger partial charge on any atom is 0.161 e. The van der Waals surface area contributed by atoms with Gasteiger partial charge in [-0.15, -0.1) is 0 Å². The maximum atomic E-state index is 5.39. The normalized spacial score (nSPS) is 12.2. The quantitative estimate of drug-likeness (QED) is 0.851. The first-order chi connectivity index (χ1) is 10.2. The van der Waals surface area contributed by atoms with Crippen LogP contribution in [-0.2, 0) is 6.54 Å². The number of nitrogens with zero attached hydrogens (tertiary/aromatic N) is 2. The van der Waals surface area contributed by atoms with E-state index in [4.69, 9.17) is 9.47 Å². The number of aromatic nitrogens is 2. The summed E-state index contributed by atoms with van der Waals surface area (Å²) in [5.41, 5.74) is 1.17. The maximum absolute atomic E-state index is 5.39. The number of aryl methyl sites for hydroxylation is 1. The lowest BCUT2D eigenvalue weighted by atomic mass is 10.1. The van der Waals surface area contributed by atoms with Crippen LogP contribution in [0.3, 0.4) is 0 Å². The third kappa shape index (κ3) is 3.55. The molecular formula is C16H23N3O2. The van der Waals surface area contributed by atoms with Gasteiger partial charge >= 0.3 is 0 Å². The van der Waals surface area contributed by atoms with E-state index < -0.39 is 0 Å². The molecule has 1 unspecified atom stereocenters. The minimum Gasteiger partial charge on any atom is -0.493 e. The third-order valence-electron chi connectivity index (χ3n) is 3.56. The van der Waals surface area contributed by atoms with Gasteiger partial charge in [-0.25, -0.2) is 4.98 Å². The summed E-state index contributed by atoms with van der Waals surface area (Å²) in [6.45, 7) is 5.84. The molecule has 1 atom stereocenters. The molecule has 2 rings (SSSR count). The molecule has 0 aliphatic carbocycles. The summed E-state index contributed by atoms with van der Waals surface area (Å²) in [5.74, 6) is 2.51. The minimum atomic E-state index is 0.197. The molecule has 1 aromatic heterocycles. The molecular weight excluding hydrogens is 266 g/mol. The first kappa shape index (κ1) is 15.4. The highest BCUT2D eigenvalue weighted by atomic mass is 16.5. The van der Waals surface area contributed by atoms with Crippen LogP contribution < -0.4 is 14.8 Å². The fourth-order valence-electron chi connectivity index (χ4n) is 2.40. The van der Waals surface area contributed by atoms with Crippen LogP contribution in [0.15, 0.2) is 30.6 Å². The fraction of sp³-hybridized carbons (Fsp3) is 0.438. The Bertz CT molecular complexity index is 581. The number of hydrogen-bond donors (Lipinski definition) is 1. The second kappa shape index (κ2) is 7.13. The number of methoxy groups -OCH3 is 2. The van der Waals surface area contributed by atoms with Crippen molar-refractivity contribution in [1.29, 1.82) is 0 Å². The van der Waals surface area contributed by atoms with Crippen LogP contribution in [-0.4, -0.2) is 30.3 Å². The van der Waals surface area contributed by atoms with Gasteiger partial charge in [-0.1, -0.05) is 13.0 Å². The Morgan fingerprint density at radius 2 is 2.00 bits per heavy atom. The van der Waals surface area contributed by atoms with Crippen molar-refractivity contribution in [2.45, 2.75) is 26.4 Å². The monoisotopic (exact) mass is 289 g/mol. The summed E-state index contributed by atoms with van der Waals surface area (Å²) in [6.07, 6.45) is 3.83. The van der Waals surface area contributed by atoms with Crippen LogP contribution in [0.2, 0.25) is 0 Å². The van der Waals surface area contributed by atoms with Gasteiger partial charge in [0, 0.05) is 18.9 Å². The predicted molar refractivity (Wildman–Crippen MR) is 82.9 cm³/mol. The van der Waals surface area contributed by atoms with Gasteiger partial charge < -0.3 is 19.4 Å². The zero-order valence-electron chi connectivity index (χ0n) is 13.1. The molecule has 1 aromatic carbocycles. The Morgan fingerprint density at radius 3 is 2.57 bits per heavy atom. The molecule has 0 fully saturated rings. The standard InChI is InChI=1S/C16H23N3O2/c1-5-17-14(11-19-9-8-18-12(19)2)13-6-7-15(20-3)16(10-13)21-4/h6-10,14,17H,5,11H2,1-4H3. The van der Waals surface area contributed by atoms with Gasteiger partial charge in [-0.3, -0.25) is 0 Å². The van der Waals surface area contributed by atoms with E-state index in [1.165, 1.54) is 5.56 Å². The number of likely N-dealkylation sites (N-methyl/N-ethyl adjacent to an activating group) is 1. The van der Waals surface area contributed by atoms with Crippen LogP contribution in [0.5, 0.6) is 11.5 Å². The molecule has 0 aliphatic heterocycles. The molecule has 114 valence electrons. The molecule has 5 heteroatoms. The van der Waals surface area contributed by atoms with E-state index in [9.17, 15) is 0 Å². The molecule has 0 saturated heterocycles. The summed E-state index contributed by atoms with van der Waals surface area (Å²) in [5, 5.41) is 3.51. The molecule has 21 heavy (non-hydrogen) atoms. The van der Waals surface area contributed by atoms with E-state index in [0.29, 0.717) is 0 Å². The van der Waals surface area contributed by atoms with Crippen LogP contribution in [0.25, 0.3) is 0 Å². The molecule has 0 radical (unpaired) electrons. The molecule has 5 nitrogen and oxygen atoms in total. The predicted octanol–water partition coefficient (Wildman–Crippen LogP) is 2.56. The van der Waals surface area contributed by atoms with Crippen molar-refractivity contribution < 1.29 is 9.47 Å². The molecule has 0 saturated carbocycles. The Balaban J connectivity index is 2.27. The fourth-order valence-corrected chi connectivity index (χ4v) is 2.40. The number of hydrogen-bond acceptors (Lipinski definition) is 4. The van der Waals surface area contributed by atoms with Crippen molar-refractivity contribution in [2.24, 2.45) is 0 Å². The van der Waals surface area contributed by atoms with Crippen LogP contribution in [0, 0.1) is 6.92 Å². The van der Waals surface area contributed by atoms with Gasteiger partial charge in [-0.05, 0) is 31.2 Å². The average Bonchev–Trinajstić information content (AvgIpc) is 2.91. The summed E-state index contributed by atoms with van der Waals surface area (Å²) in [4.78, 5) is 4.28. The Labute approximate surface area is 125 Å². The lowest BCUT2D eigenvalue weighted by molar-refractivity contribution is 0.353. The molecule has 0 bridgehead atoms. The third-order valence-corrected chi connectivity index (χ3v) is 3.56. The Hall–Kier alpha value is -2.01. The molecule has 0 aliphatic rings. The minimum absolute atomic E-state index is 0.197. The topological polar surface area (TPSA) is 48.3 Å². The molecule has 2 aromatic rings. The number of nitrogens with one attached hydrogen (secondary N) is 1. The van der Waals surface area contributed by atoms with E-state index in [-0.39, 0.29) is 6.04 Å². The summed E-state index contributed by atoms with van der Waals surface area (Å²) in [6, 6.07) is 6.24. The Kier molecular flexibility index (Phi) is 5.22. The van der Waals surface area contributed by atoms with Crippen LogP contribution in [0.1, 0.15) is 24.4 Å². The second-order valence-corrected chi connectivity index (χ2v) is 4.85. The zero-order valence-corrected chi connectivity index (χ0v) is 13.1. The largest absolute Gasteiger partial charge is 0.493 e. The van der Waals surface area contributed by atoms with E-state index in [2.05, 4.69) is 27.9 Å². The van der Waals surface area contributed by atoms with Crippen molar-refractivity contribution in [3.05, 3.63) is 42.0 Å². The van der Waals surface area contributed by atoms with Gasteiger partial charge in [0.25, 0.3) is 0 Å². The van der Waals surface area contributed by atoms with Gasteiger partial charge in [0.05, 0.1) is 20.3 Å². The lowest BCUT2D eigenvalue weighted by Crippen LogP contribution is -2.25. The number of rotatable bonds is 7. The van der Waals surface area contributed by atoms with Crippen molar-refractivity contribution in [3.8, 4) is 11.5 Å². The average molecular weight is 289 g/mol. The molecule has 0 amide bonds. The van der Waals surface area contributed by atoms with E-state index >= 15 is 0 Å². The smallest absolute Gasteiger partial charge is 0.161 e. The summed E-state index contributed by atoms with van der Waals surface area (Å²) in [7, 11) is 3.30. The van der Waals surface area contributed by atoms with E-state index in [0.717, 1.165) is 30.4 Å². The molecule has 1 N–H and O–H groups in total. The van der Waals surface area contributed by atoms with Gasteiger partial charge in [0.15, 0.2) is 11.5 Å². The number of benzene rings is 1. The molecule has 0 spiro atoms. The first-order valence-electron chi connectivity index (χ1n) is 7.12. The number of imidazole rings is 1. The SMILES string of the molecule is CCNC(Cn1ccnc1C)c1ccc(OC)c(OC)c1. The van der Waals surface area contributed by atoms with Gasteiger partial charge in [0.2, 0.25) is 0 Å². The highest BCUT2D eigenvalue weighted by Crippen LogP contribution is 2.30. The van der Waals surface area contributed by atoms with Crippen molar-refractivity contribution >= 4 is 0 Å². The number of ether oxygens (including phenoxy) is 2. The molecule has 1 heterocycles. The van der Waals surface area contributed by atoms with Crippen LogP contribution >= 0.6 is 0 Å². The van der Waals surface area contributed by atoms with Crippen molar-refractivity contribution in [3.63, 3.8) is 0 Å². The second-order valence-electron chi connectivity index (χ2n) is 4.85. The van der Waals surface area contributed by atoms with E-state index in [1.807, 2.05) is 31.5 Å². The van der Waals surface area contributed by atoms with Crippen LogP contribution in [0.4, 0.5) is 0 Å². The summed E-state index contributed by atoms with van der Waals surface area (Å²) < 4.78 is 12.8. The van der Waals surface area contributed by atoms with Gasteiger partial charge in [-0.2, -0.15) is 0 Å². The summed E-state index contributed by atoms with van der Waals surface area (Å²) >= 11 is 0. The zero-order chi connectivity index (χ0) is 15.2. The van der Waals surface area contributed by atoms with Crippen molar-refractivity contribution in [2.75, 3.05) is 20.8 Å². The lowest BCUT2D eigenvalue weighted by Gasteiger charge is -2.21. The highest BCUT2D eigenvalue weighted by molar-refractivity contribution is 5.43. The van der Waals surface area contributed by atoms with E-state index in [1.54, 1.807) is 14.2 Å². The first-order valence-corrected chi connectivity index (χ1v) is 7.12.